The fourth-order valence-electron chi connectivity index (χ4n) is 2.05. The SMILES string of the molecule is Nc1ccc(N2CC(O)C(O)C2CO)cc1. The van der Waals surface area contributed by atoms with E-state index in [4.69, 9.17) is 5.73 Å². The van der Waals surface area contributed by atoms with Crippen molar-refractivity contribution in [3.63, 3.8) is 0 Å². The predicted octanol–water partition coefficient (Wildman–Crippen LogP) is -0.829. The van der Waals surface area contributed by atoms with Gasteiger partial charge in [-0.3, -0.25) is 0 Å². The minimum Gasteiger partial charge on any atom is -0.399 e. The Morgan fingerprint density at radius 1 is 1.25 bits per heavy atom. The molecule has 1 aromatic rings. The summed E-state index contributed by atoms with van der Waals surface area (Å²) in [7, 11) is 0. The van der Waals surface area contributed by atoms with Crippen molar-refractivity contribution < 1.29 is 15.3 Å². The van der Waals surface area contributed by atoms with Crippen molar-refractivity contribution in [1.82, 2.24) is 0 Å². The molecule has 5 N–H and O–H groups in total. The fraction of sp³-hybridized carbons (Fsp3) is 0.455. The molecule has 16 heavy (non-hydrogen) atoms. The molecule has 1 saturated heterocycles. The van der Waals surface area contributed by atoms with E-state index in [2.05, 4.69) is 0 Å². The highest BCUT2D eigenvalue weighted by Gasteiger charge is 2.39. The van der Waals surface area contributed by atoms with Crippen molar-refractivity contribution in [2.45, 2.75) is 18.2 Å². The summed E-state index contributed by atoms with van der Waals surface area (Å²) in [5.74, 6) is 0. The summed E-state index contributed by atoms with van der Waals surface area (Å²) in [5.41, 5.74) is 7.07. The van der Waals surface area contributed by atoms with E-state index in [-0.39, 0.29) is 6.61 Å². The van der Waals surface area contributed by atoms with Crippen molar-refractivity contribution in [2.75, 3.05) is 23.8 Å². The number of hydrogen-bond acceptors (Lipinski definition) is 5. The van der Waals surface area contributed by atoms with Crippen molar-refractivity contribution in [3.8, 4) is 0 Å². The second-order valence-electron chi connectivity index (χ2n) is 4.05. The average Bonchev–Trinajstić information content (AvgIpc) is 2.56. The van der Waals surface area contributed by atoms with Gasteiger partial charge in [0.15, 0.2) is 0 Å². The summed E-state index contributed by atoms with van der Waals surface area (Å²) in [4.78, 5) is 1.79. The van der Waals surface area contributed by atoms with E-state index in [0.717, 1.165) is 5.69 Å². The number of hydrogen-bond donors (Lipinski definition) is 4. The highest BCUT2D eigenvalue weighted by Crippen LogP contribution is 2.26. The standard InChI is InChI=1S/C11H16N2O3/c12-7-1-3-8(4-2-7)13-5-10(15)11(16)9(13)6-14/h1-4,9-11,14-16H,5-6,12H2. The van der Waals surface area contributed by atoms with Crippen molar-refractivity contribution in [2.24, 2.45) is 0 Å². The summed E-state index contributed by atoms with van der Waals surface area (Å²) in [6.45, 7) is 0.124. The van der Waals surface area contributed by atoms with Crippen LogP contribution in [-0.4, -0.2) is 46.7 Å². The van der Waals surface area contributed by atoms with Gasteiger partial charge in [0.2, 0.25) is 0 Å². The first-order valence-corrected chi connectivity index (χ1v) is 5.22. The van der Waals surface area contributed by atoms with Gasteiger partial charge in [-0.05, 0) is 24.3 Å². The summed E-state index contributed by atoms with van der Waals surface area (Å²) in [6, 6.07) is 6.66. The Bertz CT molecular complexity index is 355. The van der Waals surface area contributed by atoms with Gasteiger partial charge in [-0.1, -0.05) is 0 Å². The number of anilines is 2. The fourth-order valence-corrected chi connectivity index (χ4v) is 2.05. The molecule has 0 aliphatic carbocycles. The second kappa shape index (κ2) is 4.29. The number of aliphatic hydroxyl groups excluding tert-OH is 3. The molecule has 0 bridgehead atoms. The molecule has 3 atom stereocenters. The lowest BCUT2D eigenvalue weighted by Gasteiger charge is -2.26. The Labute approximate surface area is 93.7 Å². The molecule has 2 rings (SSSR count). The maximum Gasteiger partial charge on any atom is 0.104 e. The van der Waals surface area contributed by atoms with Crippen LogP contribution >= 0.6 is 0 Å². The second-order valence-corrected chi connectivity index (χ2v) is 4.05. The molecule has 5 heteroatoms. The Morgan fingerprint density at radius 2 is 1.88 bits per heavy atom. The quantitative estimate of drug-likeness (QED) is 0.492. The molecule has 88 valence electrons. The number of β-amino-alcohol motifs (C(OH)–C–C–N with tert-alkyl or cyclic N) is 1. The van der Waals surface area contributed by atoms with Gasteiger partial charge >= 0.3 is 0 Å². The van der Waals surface area contributed by atoms with E-state index in [1.165, 1.54) is 0 Å². The van der Waals surface area contributed by atoms with Gasteiger partial charge in [-0.15, -0.1) is 0 Å². The molecule has 1 aliphatic rings. The van der Waals surface area contributed by atoms with E-state index in [0.29, 0.717) is 12.2 Å². The zero-order chi connectivity index (χ0) is 11.7. The first-order valence-electron chi connectivity index (χ1n) is 5.22. The molecule has 0 amide bonds. The van der Waals surface area contributed by atoms with Crippen molar-refractivity contribution in [1.29, 1.82) is 0 Å². The lowest BCUT2D eigenvalue weighted by Crippen LogP contribution is -2.39. The van der Waals surface area contributed by atoms with E-state index >= 15 is 0 Å². The molecule has 0 saturated carbocycles. The molecule has 0 radical (unpaired) electrons. The first kappa shape index (κ1) is 11.2. The maximum atomic E-state index is 9.67. The van der Waals surface area contributed by atoms with Crippen LogP contribution in [-0.2, 0) is 0 Å². The molecule has 0 aromatic heterocycles. The molecule has 5 nitrogen and oxygen atoms in total. The topological polar surface area (TPSA) is 90.0 Å². The Hall–Kier alpha value is -1.30. The van der Waals surface area contributed by atoms with Crippen LogP contribution in [0.15, 0.2) is 24.3 Å². The van der Waals surface area contributed by atoms with E-state index in [1.54, 1.807) is 17.0 Å². The molecule has 3 unspecified atom stereocenters. The molecule has 0 spiro atoms. The summed E-state index contributed by atoms with van der Waals surface area (Å²) < 4.78 is 0. The minimum absolute atomic E-state index is 0.192. The van der Waals surface area contributed by atoms with Gasteiger partial charge in [0.25, 0.3) is 0 Å². The summed E-state index contributed by atoms with van der Waals surface area (Å²) >= 11 is 0. The molecular weight excluding hydrogens is 208 g/mol. The number of nitrogens with zero attached hydrogens (tertiary/aromatic N) is 1. The van der Waals surface area contributed by atoms with Crippen LogP contribution in [0.1, 0.15) is 0 Å². The van der Waals surface area contributed by atoms with E-state index in [1.807, 2.05) is 12.1 Å². The average molecular weight is 224 g/mol. The summed E-state index contributed by atoms with van der Waals surface area (Å²) in [6.07, 6.45) is -1.74. The van der Waals surface area contributed by atoms with Gasteiger partial charge in [-0.25, -0.2) is 0 Å². The Morgan fingerprint density at radius 3 is 2.44 bits per heavy atom. The van der Waals surface area contributed by atoms with Gasteiger partial charge in [-0.2, -0.15) is 0 Å². The molecule has 1 aromatic carbocycles. The third-order valence-electron chi connectivity index (χ3n) is 2.98. The van der Waals surface area contributed by atoms with Crippen molar-refractivity contribution in [3.05, 3.63) is 24.3 Å². The molecule has 1 heterocycles. The Kier molecular flexibility index (Phi) is 3.00. The van der Waals surface area contributed by atoms with Crippen LogP contribution in [0, 0.1) is 0 Å². The number of nitrogen functional groups attached to an aromatic ring is 1. The zero-order valence-corrected chi connectivity index (χ0v) is 8.82. The largest absolute Gasteiger partial charge is 0.399 e. The molecule has 1 fully saturated rings. The number of aliphatic hydroxyl groups is 3. The lowest BCUT2D eigenvalue weighted by atomic mass is 10.1. The molecule has 1 aliphatic heterocycles. The van der Waals surface area contributed by atoms with Gasteiger partial charge in [0.05, 0.1) is 18.8 Å². The normalized spacial score (nSPS) is 29.7. The van der Waals surface area contributed by atoms with E-state index in [9.17, 15) is 15.3 Å². The first-order chi connectivity index (χ1) is 7.63. The molecular formula is C11H16N2O3. The minimum atomic E-state index is -0.914. The van der Waals surface area contributed by atoms with Crippen LogP contribution in [0.2, 0.25) is 0 Å². The van der Waals surface area contributed by atoms with E-state index < -0.39 is 18.2 Å². The highest BCUT2D eigenvalue weighted by molar-refractivity contribution is 5.55. The number of benzene rings is 1. The van der Waals surface area contributed by atoms with Gasteiger partial charge in [0.1, 0.15) is 6.10 Å². The smallest absolute Gasteiger partial charge is 0.104 e. The third kappa shape index (κ3) is 1.84. The zero-order valence-electron chi connectivity index (χ0n) is 8.82. The monoisotopic (exact) mass is 224 g/mol. The number of nitrogens with two attached hydrogens (primary N) is 1. The van der Waals surface area contributed by atoms with Crippen LogP contribution in [0.25, 0.3) is 0 Å². The van der Waals surface area contributed by atoms with Crippen LogP contribution < -0.4 is 10.6 Å². The highest BCUT2D eigenvalue weighted by atomic mass is 16.3. The van der Waals surface area contributed by atoms with Crippen molar-refractivity contribution >= 4 is 11.4 Å². The third-order valence-corrected chi connectivity index (χ3v) is 2.98. The predicted molar refractivity (Wildman–Crippen MR) is 61.1 cm³/mol. The van der Waals surface area contributed by atoms with Gasteiger partial charge < -0.3 is 26.0 Å². The van der Waals surface area contributed by atoms with Crippen LogP contribution in [0.5, 0.6) is 0 Å². The Balaban J connectivity index is 2.23. The van der Waals surface area contributed by atoms with Crippen LogP contribution in [0.3, 0.4) is 0 Å². The number of rotatable bonds is 2. The maximum absolute atomic E-state index is 9.67. The lowest BCUT2D eigenvalue weighted by molar-refractivity contribution is 0.0304. The van der Waals surface area contributed by atoms with Gasteiger partial charge in [0, 0.05) is 17.9 Å². The summed E-state index contributed by atoms with van der Waals surface area (Å²) in [5, 5.41) is 28.4. The van der Waals surface area contributed by atoms with Crippen LogP contribution in [0.4, 0.5) is 11.4 Å².